The van der Waals surface area contributed by atoms with E-state index in [-0.39, 0.29) is 5.91 Å². The van der Waals surface area contributed by atoms with E-state index in [0.29, 0.717) is 17.8 Å². The number of nitrogens with two attached hydrogens (primary N) is 1. The molecule has 0 spiro atoms. The quantitative estimate of drug-likeness (QED) is 0.589. The van der Waals surface area contributed by atoms with Crippen LogP contribution in [0.3, 0.4) is 0 Å². The van der Waals surface area contributed by atoms with Gasteiger partial charge < -0.3 is 10.7 Å². The number of hydrogen-bond donors (Lipinski definition) is 3. The van der Waals surface area contributed by atoms with Crippen molar-refractivity contribution >= 4 is 22.9 Å². The zero-order valence-electron chi connectivity index (χ0n) is 10.9. The summed E-state index contributed by atoms with van der Waals surface area (Å²) in [7, 11) is 0. The van der Waals surface area contributed by atoms with Gasteiger partial charge in [-0.05, 0) is 31.5 Å². The normalized spacial score (nSPS) is 10.3. The number of rotatable bonds is 4. The van der Waals surface area contributed by atoms with Gasteiger partial charge in [-0.2, -0.15) is 0 Å². The first-order valence-electron chi connectivity index (χ1n) is 5.86. The van der Waals surface area contributed by atoms with Gasteiger partial charge in [-0.1, -0.05) is 0 Å². The molecule has 0 bridgehead atoms. The van der Waals surface area contributed by atoms with Crippen molar-refractivity contribution in [3.8, 4) is 0 Å². The van der Waals surface area contributed by atoms with E-state index in [4.69, 9.17) is 5.84 Å². The topological polar surface area (TPSA) is 80.0 Å². The van der Waals surface area contributed by atoms with Crippen molar-refractivity contribution in [1.82, 2.24) is 10.3 Å². The molecule has 2 rings (SSSR count). The maximum Gasteiger partial charge on any atom is 0.255 e. The van der Waals surface area contributed by atoms with E-state index in [9.17, 15) is 4.79 Å². The van der Waals surface area contributed by atoms with Gasteiger partial charge in [-0.15, -0.1) is 11.3 Å². The number of pyridine rings is 1. The first-order chi connectivity index (χ1) is 9.11. The maximum absolute atomic E-state index is 12.0. The van der Waals surface area contributed by atoms with Gasteiger partial charge in [0.2, 0.25) is 0 Å². The number of anilines is 1. The smallest absolute Gasteiger partial charge is 0.255 e. The summed E-state index contributed by atoms with van der Waals surface area (Å²) < 4.78 is 0. The van der Waals surface area contributed by atoms with Crippen molar-refractivity contribution < 1.29 is 4.79 Å². The Morgan fingerprint density at radius 3 is 2.89 bits per heavy atom. The van der Waals surface area contributed by atoms with Crippen LogP contribution in [-0.2, 0) is 6.54 Å². The predicted octanol–water partition coefficient (Wildman–Crippen LogP) is 1.98. The van der Waals surface area contributed by atoms with Crippen LogP contribution in [0.25, 0.3) is 0 Å². The van der Waals surface area contributed by atoms with E-state index < -0.39 is 0 Å². The van der Waals surface area contributed by atoms with Crippen molar-refractivity contribution in [2.24, 2.45) is 5.84 Å². The predicted molar refractivity (Wildman–Crippen MR) is 77.0 cm³/mol. The average molecular weight is 276 g/mol. The summed E-state index contributed by atoms with van der Waals surface area (Å²) in [6, 6.07) is 3.75. The molecule has 0 unspecified atom stereocenters. The van der Waals surface area contributed by atoms with Gasteiger partial charge in [-0.3, -0.25) is 15.6 Å². The minimum absolute atomic E-state index is 0.190. The maximum atomic E-state index is 12.0. The molecule has 2 aromatic heterocycles. The summed E-state index contributed by atoms with van der Waals surface area (Å²) in [5, 5.41) is 2.87. The number of nitrogens with one attached hydrogen (secondary N) is 2. The summed E-state index contributed by atoms with van der Waals surface area (Å²) in [6.07, 6.45) is 3.08. The van der Waals surface area contributed by atoms with Crippen molar-refractivity contribution in [3.63, 3.8) is 0 Å². The zero-order valence-corrected chi connectivity index (χ0v) is 11.7. The molecular weight excluding hydrogens is 260 g/mol. The second-order valence-corrected chi connectivity index (χ2v) is 5.54. The van der Waals surface area contributed by atoms with Crippen LogP contribution in [-0.4, -0.2) is 10.9 Å². The molecule has 5 nitrogen and oxygen atoms in total. The van der Waals surface area contributed by atoms with Gasteiger partial charge in [0.1, 0.15) is 0 Å². The number of aryl methyl sites for hydroxylation is 2. The van der Waals surface area contributed by atoms with Crippen molar-refractivity contribution in [2.75, 3.05) is 5.43 Å². The average Bonchev–Trinajstić information content (AvgIpc) is 2.75. The summed E-state index contributed by atoms with van der Waals surface area (Å²) in [4.78, 5) is 18.4. The number of hydrogen-bond acceptors (Lipinski definition) is 5. The molecule has 0 atom stereocenters. The summed E-state index contributed by atoms with van der Waals surface area (Å²) in [6.45, 7) is 4.65. The summed E-state index contributed by atoms with van der Waals surface area (Å²) in [5.41, 5.74) is 4.74. The van der Waals surface area contributed by atoms with Gasteiger partial charge >= 0.3 is 0 Å². The minimum atomic E-state index is -0.190. The lowest BCUT2D eigenvalue weighted by molar-refractivity contribution is 0.0951. The Morgan fingerprint density at radius 2 is 2.26 bits per heavy atom. The molecule has 19 heavy (non-hydrogen) atoms. The lowest BCUT2D eigenvalue weighted by Gasteiger charge is -2.08. The van der Waals surface area contributed by atoms with Gasteiger partial charge in [-0.25, -0.2) is 0 Å². The van der Waals surface area contributed by atoms with E-state index in [1.807, 2.05) is 0 Å². The monoisotopic (exact) mass is 276 g/mol. The lowest BCUT2D eigenvalue weighted by Crippen LogP contribution is -2.24. The highest BCUT2D eigenvalue weighted by molar-refractivity contribution is 7.12. The van der Waals surface area contributed by atoms with Crippen LogP contribution in [0.4, 0.5) is 5.69 Å². The van der Waals surface area contributed by atoms with E-state index >= 15 is 0 Å². The first-order valence-corrected chi connectivity index (χ1v) is 6.68. The minimum Gasteiger partial charge on any atom is -0.347 e. The van der Waals surface area contributed by atoms with Crippen molar-refractivity contribution in [3.05, 3.63) is 45.4 Å². The molecule has 0 saturated heterocycles. The largest absolute Gasteiger partial charge is 0.347 e. The number of nitrogen functional groups attached to an aromatic ring is 1. The molecule has 6 heteroatoms. The van der Waals surface area contributed by atoms with Crippen LogP contribution >= 0.6 is 11.3 Å². The second kappa shape index (κ2) is 5.81. The van der Waals surface area contributed by atoms with Crippen LogP contribution in [0.5, 0.6) is 0 Å². The van der Waals surface area contributed by atoms with Crippen LogP contribution in [0, 0.1) is 13.8 Å². The molecule has 1 amide bonds. The Morgan fingerprint density at radius 1 is 1.47 bits per heavy atom. The Hall–Kier alpha value is -1.92. The first kappa shape index (κ1) is 13.5. The molecule has 2 aromatic rings. The van der Waals surface area contributed by atoms with Crippen LogP contribution in [0.2, 0.25) is 0 Å². The van der Waals surface area contributed by atoms with Gasteiger partial charge in [0, 0.05) is 22.1 Å². The number of aromatic nitrogens is 1. The fourth-order valence-corrected chi connectivity index (χ4v) is 2.69. The van der Waals surface area contributed by atoms with Crippen molar-refractivity contribution in [2.45, 2.75) is 20.4 Å². The third kappa shape index (κ3) is 3.10. The fraction of sp³-hybridized carbons (Fsp3) is 0.231. The Balaban J connectivity index is 2.05. The number of nitrogens with zero attached hydrogens (tertiary/aromatic N) is 1. The number of carbonyl (C=O) groups excluding carboxylic acids is 1. The SMILES string of the molecule is Cc1cc(CNC(=O)c2cnccc2NN)sc1C. The summed E-state index contributed by atoms with van der Waals surface area (Å²) in [5.74, 6) is 5.17. The van der Waals surface area contributed by atoms with Gasteiger partial charge in [0.25, 0.3) is 5.91 Å². The molecule has 4 N–H and O–H groups in total. The molecule has 2 heterocycles. The third-order valence-corrected chi connectivity index (χ3v) is 4.01. The zero-order chi connectivity index (χ0) is 13.8. The van der Waals surface area contributed by atoms with E-state index in [0.717, 1.165) is 4.88 Å². The number of hydrazine groups is 1. The van der Waals surface area contributed by atoms with Crippen LogP contribution < -0.4 is 16.6 Å². The van der Waals surface area contributed by atoms with Gasteiger partial charge in [0.05, 0.1) is 17.8 Å². The number of carbonyl (C=O) groups is 1. The van der Waals surface area contributed by atoms with Crippen molar-refractivity contribution in [1.29, 1.82) is 0 Å². The van der Waals surface area contributed by atoms with Gasteiger partial charge in [0.15, 0.2) is 0 Å². The fourth-order valence-electron chi connectivity index (χ4n) is 1.70. The van der Waals surface area contributed by atoms with E-state index in [1.54, 1.807) is 23.6 Å². The summed E-state index contributed by atoms with van der Waals surface area (Å²) >= 11 is 1.69. The third-order valence-electron chi connectivity index (χ3n) is 2.86. The number of thiophene rings is 1. The highest BCUT2D eigenvalue weighted by atomic mass is 32.1. The molecule has 0 saturated carbocycles. The van der Waals surface area contributed by atoms with Crippen LogP contribution in [0.15, 0.2) is 24.5 Å². The molecule has 0 radical (unpaired) electrons. The Kier molecular flexibility index (Phi) is 4.13. The standard InChI is InChI=1S/C13H16N4OS/c1-8-5-10(19-9(8)2)6-16-13(18)11-7-15-4-3-12(11)17-14/h3-5,7H,6,14H2,1-2H3,(H,15,17)(H,16,18). The highest BCUT2D eigenvalue weighted by Gasteiger charge is 2.11. The Bertz CT molecular complexity index is 575. The van der Waals surface area contributed by atoms with E-state index in [1.165, 1.54) is 16.6 Å². The second-order valence-electron chi connectivity index (χ2n) is 4.20. The van der Waals surface area contributed by atoms with E-state index in [2.05, 4.69) is 35.6 Å². The Labute approximate surface area is 115 Å². The molecule has 0 aliphatic carbocycles. The highest BCUT2D eigenvalue weighted by Crippen LogP contribution is 2.20. The molecule has 0 aromatic carbocycles. The molecule has 100 valence electrons. The molecule has 0 fully saturated rings. The molecule has 0 aliphatic heterocycles. The van der Waals surface area contributed by atoms with Crippen LogP contribution in [0.1, 0.15) is 25.7 Å². The number of amides is 1. The molecular formula is C13H16N4OS. The molecule has 0 aliphatic rings. The lowest BCUT2D eigenvalue weighted by atomic mass is 10.2.